The van der Waals surface area contributed by atoms with Crippen LogP contribution in [0.4, 0.5) is 11.4 Å². The number of nitrogens with one attached hydrogen (secondary N) is 2. The molecule has 0 amide bonds. The third kappa shape index (κ3) is 2.64. The van der Waals surface area contributed by atoms with Gasteiger partial charge in [0.25, 0.3) is 0 Å². The molecule has 0 radical (unpaired) electrons. The van der Waals surface area contributed by atoms with Gasteiger partial charge >= 0.3 is 0 Å². The third-order valence-corrected chi connectivity index (χ3v) is 2.89. The molecule has 1 aromatic heterocycles. The van der Waals surface area contributed by atoms with E-state index < -0.39 is 0 Å². The van der Waals surface area contributed by atoms with Crippen LogP contribution < -0.4 is 10.6 Å². The molecule has 0 unspecified atom stereocenters. The Labute approximate surface area is 96.4 Å². The van der Waals surface area contributed by atoms with Crippen LogP contribution in [-0.2, 0) is 4.74 Å². The van der Waals surface area contributed by atoms with Gasteiger partial charge in [0.2, 0.25) is 0 Å². The van der Waals surface area contributed by atoms with Crippen molar-refractivity contribution < 1.29 is 4.74 Å². The van der Waals surface area contributed by atoms with E-state index in [1.165, 1.54) is 0 Å². The number of aromatic nitrogens is 1. The predicted octanol–water partition coefficient (Wildman–Crippen LogP) is 2.10. The highest BCUT2D eigenvalue weighted by atomic mass is 16.5. The summed E-state index contributed by atoms with van der Waals surface area (Å²) in [5, 5.41) is 6.54. The van der Waals surface area contributed by atoms with Crippen molar-refractivity contribution in [2.75, 3.05) is 24.3 Å². The Morgan fingerprint density at radius 3 is 2.81 bits per heavy atom. The Kier molecular flexibility index (Phi) is 3.62. The van der Waals surface area contributed by atoms with Gasteiger partial charge in [0.1, 0.15) is 0 Å². The summed E-state index contributed by atoms with van der Waals surface area (Å²) in [5.74, 6) is 0. The minimum Gasteiger partial charge on any atom is -0.387 e. The Morgan fingerprint density at radius 2 is 2.12 bits per heavy atom. The first kappa shape index (κ1) is 11.2. The van der Waals surface area contributed by atoms with E-state index in [4.69, 9.17) is 4.74 Å². The number of anilines is 2. The maximum absolute atomic E-state index is 5.52. The number of hydrogen-bond acceptors (Lipinski definition) is 4. The Hall–Kier alpha value is -1.29. The SMILES string of the molecule is CCOC1CC(Nc2cncc(NC)c2)C1. The van der Waals surface area contributed by atoms with Gasteiger partial charge in [-0.15, -0.1) is 0 Å². The molecule has 1 heterocycles. The highest BCUT2D eigenvalue weighted by Gasteiger charge is 2.29. The van der Waals surface area contributed by atoms with Crippen LogP contribution in [0.1, 0.15) is 19.8 Å². The van der Waals surface area contributed by atoms with Crippen LogP contribution in [0, 0.1) is 0 Å². The second-order valence-electron chi connectivity index (χ2n) is 4.10. The van der Waals surface area contributed by atoms with Crippen LogP contribution in [0.3, 0.4) is 0 Å². The Balaban J connectivity index is 1.82. The summed E-state index contributed by atoms with van der Waals surface area (Å²) < 4.78 is 5.52. The van der Waals surface area contributed by atoms with Gasteiger partial charge in [0, 0.05) is 19.7 Å². The predicted molar refractivity (Wildman–Crippen MR) is 65.8 cm³/mol. The quantitative estimate of drug-likeness (QED) is 0.799. The van der Waals surface area contributed by atoms with E-state index >= 15 is 0 Å². The molecule has 4 heteroatoms. The molecule has 1 aliphatic carbocycles. The van der Waals surface area contributed by atoms with Gasteiger partial charge in [-0.1, -0.05) is 0 Å². The van der Waals surface area contributed by atoms with Crippen LogP contribution >= 0.6 is 0 Å². The molecule has 0 atom stereocenters. The highest BCUT2D eigenvalue weighted by Crippen LogP contribution is 2.27. The molecule has 0 saturated heterocycles. The maximum Gasteiger partial charge on any atom is 0.0614 e. The summed E-state index contributed by atoms with van der Waals surface area (Å²) in [6.07, 6.45) is 6.31. The molecule has 2 N–H and O–H groups in total. The zero-order valence-corrected chi connectivity index (χ0v) is 9.86. The van der Waals surface area contributed by atoms with Gasteiger partial charge in [0.15, 0.2) is 0 Å². The lowest BCUT2D eigenvalue weighted by molar-refractivity contribution is 0.00299. The average molecular weight is 221 g/mol. The van der Waals surface area contributed by atoms with Crippen molar-refractivity contribution in [3.63, 3.8) is 0 Å². The zero-order valence-electron chi connectivity index (χ0n) is 9.86. The molecule has 0 bridgehead atoms. The van der Waals surface area contributed by atoms with Gasteiger partial charge in [-0.25, -0.2) is 0 Å². The molecular formula is C12H19N3O. The topological polar surface area (TPSA) is 46.2 Å². The number of hydrogen-bond donors (Lipinski definition) is 2. The fraction of sp³-hybridized carbons (Fsp3) is 0.583. The summed E-state index contributed by atoms with van der Waals surface area (Å²) in [6.45, 7) is 2.86. The van der Waals surface area contributed by atoms with E-state index in [9.17, 15) is 0 Å². The molecule has 4 nitrogen and oxygen atoms in total. The minimum atomic E-state index is 0.447. The van der Waals surface area contributed by atoms with Gasteiger partial charge in [-0.3, -0.25) is 4.98 Å². The molecule has 0 aromatic carbocycles. The number of pyridine rings is 1. The molecule has 88 valence electrons. The van der Waals surface area contributed by atoms with E-state index in [2.05, 4.69) is 21.7 Å². The van der Waals surface area contributed by atoms with Crippen LogP contribution in [0.25, 0.3) is 0 Å². The summed E-state index contributed by atoms with van der Waals surface area (Å²) in [6, 6.07) is 2.60. The van der Waals surface area contributed by atoms with Gasteiger partial charge in [0.05, 0.1) is 29.9 Å². The fourth-order valence-electron chi connectivity index (χ4n) is 1.95. The standard InChI is InChI=1S/C12H19N3O/c1-3-16-12-5-9(6-12)15-11-4-10(13-2)7-14-8-11/h4,7-9,12-13,15H,3,5-6H2,1-2H3. The molecule has 1 saturated carbocycles. The summed E-state index contributed by atoms with van der Waals surface area (Å²) >= 11 is 0. The lowest BCUT2D eigenvalue weighted by atomic mass is 9.89. The van der Waals surface area contributed by atoms with E-state index in [1.807, 2.05) is 26.4 Å². The molecular weight excluding hydrogens is 202 g/mol. The lowest BCUT2D eigenvalue weighted by Crippen LogP contribution is -2.40. The van der Waals surface area contributed by atoms with Crippen molar-refractivity contribution in [3.8, 4) is 0 Å². The van der Waals surface area contributed by atoms with E-state index in [-0.39, 0.29) is 0 Å². The zero-order chi connectivity index (χ0) is 11.4. The van der Waals surface area contributed by atoms with Crippen LogP contribution in [-0.4, -0.2) is 30.8 Å². The molecule has 1 fully saturated rings. The second kappa shape index (κ2) is 5.16. The first-order valence-electron chi connectivity index (χ1n) is 5.82. The summed E-state index contributed by atoms with van der Waals surface area (Å²) in [4.78, 5) is 4.17. The molecule has 0 aliphatic heterocycles. The van der Waals surface area contributed by atoms with E-state index in [0.29, 0.717) is 12.1 Å². The van der Waals surface area contributed by atoms with E-state index in [0.717, 1.165) is 30.8 Å². The molecule has 1 aliphatic rings. The van der Waals surface area contributed by atoms with Crippen LogP contribution in [0.2, 0.25) is 0 Å². The Morgan fingerprint density at radius 1 is 1.38 bits per heavy atom. The number of rotatable bonds is 5. The fourth-order valence-corrected chi connectivity index (χ4v) is 1.95. The first-order valence-corrected chi connectivity index (χ1v) is 5.82. The van der Waals surface area contributed by atoms with Crippen molar-refractivity contribution in [2.45, 2.75) is 31.9 Å². The first-order chi connectivity index (χ1) is 7.81. The Bertz CT molecular complexity index is 337. The third-order valence-electron chi connectivity index (χ3n) is 2.89. The second-order valence-corrected chi connectivity index (χ2v) is 4.10. The normalized spacial score (nSPS) is 23.6. The lowest BCUT2D eigenvalue weighted by Gasteiger charge is -2.36. The van der Waals surface area contributed by atoms with Gasteiger partial charge in [-0.05, 0) is 25.8 Å². The molecule has 0 spiro atoms. The average Bonchev–Trinajstić information content (AvgIpc) is 2.27. The summed E-state index contributed by atoms with van der Waals surface area (Å²) in [7, 11) is 1.90. The van der Waals surface area contributed by atoms with Crippen molar-refractivity contribution in [2.24, 2.45) is 0 Å². The highest BCUT2D eigenvalue weighted by molar-refractivity contribution is 5.54. The summed E-state index contributed by atoms with van der Waals surface area (Å²) in [5.41, 5.74) is 2.11. The molecule has 1 aromatic rings. The monoisotopic (exact) mass is 221 g/mol. The van der Waals surface area contributed by atoms with Crippen LogP contribution in [0.15, 0.2) is 18.5 Å². The smallest absolute Gasteiger partial charge is 0.0614 e. The largest absolute Gasteiger partial charge is 0.387 e. The molecule has 2 rings (SSSR count). The van der Waals surface area contributed by atoms with Crippen LogP contribution in [0.5, 0.6) is 0 Å². The number of ether oxygens (including phenoxy) is 1. The molecule has 16 heavy (non-hydrogen) atoms. The maximum atomic E-state index is 5.52. The van der Waals surface area contributed by atoms with Crippen molar-refractivity contribution in [3.05, 3.63) is 18.5 Å². The number of nitrogens with zero attached hydrogens (tertiary/aromatic N) is 1. The van der Waals surface area contributed by atoms with Crippen molar-refractivity contribution >= 4 is 11.4 Å². The van der Waals surface area contributed by atoms with E-state index in [1.54, 1.807) is 0 Å². The minimum absolute atomic E-state index is 0.447. The van der Waals surface area contributed by atoms with Gasteiger partial charge in [-0.2, -0.15) is 0 Å². The van der Waals surface area contributed by atoms with Crippen molar-refractivity contribution in [1.29, 1.82) is 0 Å². The van der Waals surface area contributed by atoms with Gasteiger partial charge < -0.3 is 15.4 Å². The van der Waals surface area contributed by atoms with Crippen molar-refractivity contribution in [1.82, 2.24) is 4.98 Å².